The zero-order valence-electron chi connectivity index (χ0n) is 10.8. The third-order valence-electron chi connectivity index (χ3n) is 2.99. The number of nitrogens with zero attached hydrogens (tertiary/aromatic N) is 2. The van der Waals surface area contributed by atoms with Gasteiger partial charge in [-0.15, -0.1) is 0 Å². The van der Waals surface area contributed by atoms with Gasteiger partial charge in [-0.3, -0.25) is 0 Å². The van der Waals surface area contributed by atoms with E-state index in [-0.39, 0.29) is 17.4 Å². The van der Waals surface area contributed by atoms with Crippen molar-refractivity contribution in [1.82, 2.24) is 10.1 Å². The minimum absolute atomic E-state index is 0.0351. The number of aromatic nitrogens is 2. The molecule has 0 atom stereocenters. The van der Waals surface area contributed by atoms with E-state index in [2.05, 4.69) is 10.1 Å². The first-order valence-corrected chi connectivity index (χ1v) is 6.59. The van der Waals surface area contributed by atoms with Crippen molar-refractivity contribution in [3.8, 4) is 23.0 Å². The first-order chi connectivity index (χ1) is 10.1. The van der Waals surface area contributed by atoms with Gasteiger partial charge in [0, 0.05) is 17.5 Å². The maximum Gasteiger partial charge on any atom is 0.261 e. The zero-order valence-corrected chi connectivity index (χ0v) is 11.6. The highest BCUT2D eigenvalue weighted by Gasteiger charge is 2.14. The Morgan fingerprint density at radius 1 is 1.10 bits per heavy atom. The van der Waals surface area contributed by atoms with Crippen LogP contribution in [0.1, 0.15) is 11.4 Å². The summed E-state index contributed by atoms with van der Waals surface area (Å²) >= 11 is 6.09. The summed E-state index contributed by atoms with van der Waals surface area (Å²) < 4.78 is 5.14. The van der Waals surface area contributed by atoms with Crippen molar-refractivity contribution in [2.45, 2.75) is 6.42 Å². The number of aromatic hydroxyl groups is 2. The van der Waals surface area contributed by atoms with Crippen LogP contribution in [0.3, 0.4) is 0 Å². The minimum Gasteiger partial charge on any atom is -0.508 e. The standard InChI is InChI=1S/C15H11ClN2O3/c16-12-4-2-1-3-9(12)7-14-17-15(21-18-14)11-6-5-10(19)8-13(11)20/h1-6,8,19-20H,7H2. The molecule has 3 aromatic rings. The summed E-state index contributed by atoms with van der Waals surface area (Å²) in [6, 6.07) is 11.6. The molecule has 0 amide bonds. The highest BCUT2D eigenvalue weighted by molar-refractivity contribution is 6.31. The molecule has 0 saturated carbocycles. The van der Waals surface area contributed by atoms with Gasteiger partial charge in [-0.05, 0) is 23.8 Å². The number of hydrogen-bond donors (Lipinski definition) is 2. The molecule has 0 saturated heterocycles. The molecule has 1 aromatic heterocycles. The maximum absolute atomic E-state index is 9.78. The largest absolute Gasteiger partial charge is 0.508 e. The molecule has 0 radical (unpaired) electrons. The molecule has 0 fully saturated rings. The highest BCUT2D eigenvalue weighted by atomic mass is 35.5. The Hall–Kier alpha value is -2.53. The van der Waals surface area contributed by atoms with Crippen molar-refractivity contribution in [1.29, 1.82) is 0 Å². The lowest BCUT2D eigenvalue weighted by Gasteiger charge is -2.00. The third kappa shape index (κ3) is 2.83. The van der Waals surface area contributed by atoms with Gasteiger partial charge in [-0.2, -0.15) is 4.98 Å². The number of phenols is 2. The number of phenolic OH excluding ortho intramolecular Hbond substituents is 2. The van der Waals surface area contributed by atoms with Gasteiger partial charge in [0.05, 0.1) is 5.56 Å². The summed E-state index contributed by atoms with van der Waals surface area (Å²) in [6.07, 6.45) is 0.433. The van der Waals surface area contributed by atoms with Crippen LogP contribution in [0.15, 0.2) is 47.0 Å². The second-order valence-corrected chi connectivity index (χ2v) is 4.89. The van der Waals surface area contributed by atoms with Crippen molar-refractivity contribution < 1.29 is 14.7 Å². The monoisotopic (exact) mass is 302 g/mol. The van der Waals surface area contributed by atoms with Gasteiger partial charge in [0.2, 0.25) is 0 Å². The Balaban J connectivity index is 1.88. The van der Waals surface area contributed by atoms with Gasteiger partial charge in [-0.1, -0.05) is 35.0 Å². The van der Waals surface area contributed by atoms with E-state index in [1.54, 1.807) is 6.07 Å². The quantitative estimate of drug-likeness (QED) is 0.775. The van der Waals surface area contributed by atoms with Gasteiger partial charge in [0.15, 0.2) is 5.82 Å². The Morgan fingerprint density at radius 2 is 1.90 bits per heavy atom. The molecule has 2 aromatic carbocycles. The fourth-order valence-corrected chi connectivity index (χ4v) is 2.15. The van der Waals surface area contributed by atoms with Gasteiger partial charge in [0.1, 0.15) is 11.5 Å². The lowest BCUT2D eigenvalue weighted by molar-refractivity contribution is 0.417. The molecule has 1 heterocycles. The summed E-state index contributed by atoms with van der Waals surface area (Å²) in [6.45, 7) is 0. The molecule has 106 valence electrons. The zero-order chi connectivity index (χ0) is 14.8. The Kier molecular flexibility index (Phi) is 3.50. The second-order valence-electron chi connectivity index (χ2n) is 4.49. The number of hydrogen-bond acceptors (Lipinski definition) is 5. The first-order valence-electron chi connectivity index (χ1n) is 6.22. The smallest absolute Gasteiger partial charge is 0.261 e. The van der Waals surface area contributed by atoms with E-state index in [1.165, 1.54) is 18.2 Å². The van der Waals surface area contributed by atoms with E-state index in [9.17, 15) is 10.2 Å². The van der Waals surface area contributed by atoms with Crippen molar-refractivity contribution >= 4 is 11.6 Å². The van der Waals surface area contributed by atoms with E-state index < -0.39 is 0 Å². The van der Waals surface area contributed by atoms with Gasteiger partial charge >= 0.3 is 0 Å². The summed E-state index contributed by atoms with van der Waals surface area (Å²) in [4.78, 5) is 4.23. The predicted molar refractivity (Wildman–Crippen MR) is 77.3 cm³/mol. The summed E-state index contributed by atoms with van der Waals surface area (Å²) in [5, 5.41) is 23.6. The first kappa shape index (κ1) is 13.5. The molecule has 0 aliphatic rings. The molecule has 0 aliphatic carbocycles. The van der Waals surface area contributed by atoms with Crippen molar-refractivity contribution in [2.75, 3.05) is 0 Å². The molecule has 5 nitrogen and oxygen atoms in total. The molecule has 21 heavy (non-hydrogen) atoms. The fourth-order valence-electron chi connectivity index (χ4n) is 1.95. The van der Waals surface area contributed by atoms with Gasteiger partial charge < -0.3 is 14.7 Å². The van der Waals surface area contributed by atoms with E-state index in [1.807, 2.05) is 18.2 Å². The van der Waals surface area contributed by atoms with Crippen LogP contribution in [-0.2, 0) is 6.42 Å². The molecule has 0 aliphatic heterocycles. The lowest BCUT2D eigenvalue weighted by Crippen LogP contribution is -1.91. The van der Waals surface area contributed by atoms with Crippen LogP contribution in [0.5, 0.6) is 11.5 Å². The second kappa shape index (κ2) is 5.46. The number of benzene rings is 2. The lowest BCUT2D eigenvalue weighted by atomic mass is 10.1. The predicted octanol–water partition coefficient (Wildman–Crippen LogP) is 3.39. The minimum atomic E-state index is -0.122. The van der Waals surface area contributed by atoms with Crippen molar-refractivity contribution in [3.05, 3.63) is 58.9 Å². The Bertz CT molecular complexity index is 786. The Morgan fingerprint density at radius 3 is 2.67 bits per heavy atom. The maximum atomic E-state index is 9.78. The van der Waals surface area contributed by atoms with Crippen molar-refractivity contribution in [2.24, 2.45) is 0 Å². The van der Waals surface area contributed by atoms with Gasteiger partial charge in [0.25, 0.3) is 5.89 Å². The fraction of sp³-hybridized carbons (Fsp3) is 0.0667. The molecule has 0 unspecified atom stereocenters. The van der Waals surface area contributed by atoms with Crippen LogP contribution in [0.4, 0.5) is 0 Å². The normalized spacial score (nSPS) is 10.7. The van der Waals surface area contributed by atoms with E-state index >= 15 is 0 Å². The molecular weight excluding hydrogens is 292 g/mol. The molecule has 0 bridgehead atoms. The molecule has 2 N–H and O–H groups in total. The van der Waals surface area contributed by atoms with Crippen LogP contribution in [-0.4, -0.2) is 20.4 Å². The Labute approximate surface area is 125 Å². The topological polar surface area (TPSA) is 79.4 Å². The van der Waals surface area contributed by atoms with Crippen LogP contribution < -0.4 is 0 Å². The van der Waals surface area contributed by atoms with E-state index in [0.29, 0.717) is 22.8 Å². The number of rotatable bonds is 3. The van der Waals surface area contributed by atoms with E-state index in [0.717, 1.165) is 5.56 Å². The average Bonchev–Trinajstić information content (AvgIpc) is 2.90. The summed E-state index contributed by atoms with van der Waals surface area (Å²) in [7, 11) is 0. The van der Waals surface area contributed by atoms with E-state index in [4.69, 9.17) is 16.1 Å². The number of halogens is 1. The third-order valence-corrected chi connectivity index (χ3v) is 3.35. The van der Waals surface area contributed by atoms with Crippen LogP contribution >= 0.6 is 11.6 Å². The van der Waals surface area contributed by atoms with Gasteiger partial charge in [-0.25, -0.2) is 0 Å². The highest BCUT2D eigenvalue weighted by Crippen LogP contribution is 2.31. The van der Waals surface area contributed by atoms with Crippen LogP contribution in [0, 0.1) is 0 Å². The molecular formula is C15H11ClN2O3. The molecule has 6 heteroatoms. The molecule has 0 spiro atoms. The summed E-state index contributed by atoms with van der Waals surface area (Å²) in [5.41, 5.74) is 1.26. The molecule has 3 rings (SSSR count). The SMILES string of the molecule is Oc1ccc(-c2nc(Cc3ccccc3Cl)no2)c(O)c1. The van der Waals surface area contributed by atoms with Crippen LogP contribution in [0.25, 0.3) is 11.5 Å². The average molecular weight is 303 g/mol. The van der Waals surface area contributed by atoms with Crippen molar-refractivity contribution in [3.63, 3.8) is 0 Å². The summed E-state index contributed by atoms with van der Waals surface area (Å²) in [5.74, 6) is 0.495. The van der Waals surface area contributed by atoms with Crippen LogP contribution in [0.2, 0.25) is 5.02 Å².